The van der Waals surface area contributed by atoms with Crippen LogP contribution < -0.4 is 5.73 Å². The maximum Gasteiger partial charge on any atom is 0.123 e. The van der Waals surface area contributed by atoms with Gasteiger partial charge in [-0.25, -0.2) is 4.39 Å². The van der Waals surface area contributed by atoms with Crippen molar-refractivity contribution in [2.75, 3.05) is 0 Å². The van der Waals surface area contributed by atoms with Crippen molar-refractivity contribution in [1.82, 2.24) is 0 Å². The Morgan fingerprint density at radius 3 is 2.47 bits per heavy atom. The van der Waals surface area contributed by atoms with Gasteiger partial charge in [0.25, 0.3) is 0 Å². The molecule has 2 unspecified atom stereocenters. The lowest BCUT2D eigenvalue weighted by Crippen LogP contribution is -2.22. The maximum absolute atomic E-state index is 13.4. The summed E-state index contributed by atoms with van der Waals surface area (Å²) in [6.07, 6.45) is 0. The minimum atomic E-state index is -0.214. The topological polar surface area (TPSA) is 26.0 Å². The van der Waals surface area contributed by atoms with Gasteiger partial charge in [0.1, 0.15) is 5.82 Å². The molecule has 2 aromatic rings. The molecule has 3 heteroatoms. The van der Waals surface area contributed by atoms with Crippen LogP contribution >= 0.6 is 11.8 Å². The third-order valence-electron chi connectivity index (χ3n) is 3.00. The zero-order valence-electron chi connectivity index (χ0n) is 11.1. The van der Waals surface area contributed by atoms with Crippen LogP contribution in [-0.2, 0) is 0 Å². The van der Waals surface area contributed by atoms with Crippen LogP contribution in [-0.4, -0.2) is 6.04 Å². The third kappa shape index (κ3) is 3.58. The quantitative estimate of drug-likeness (QED) is 0.841. The van der Waals surface area contributed by atoms with Crippen molar-refractivity contribution in [2.24, 2.45) is 5.73 Å². The first kappa shape index (κ1) is 14.1. The van der Waals surface area contributed by atoms with Crippen LogP contribution in [0.3, 0.4) is 0 Å². The maximum atomic E-state index is 13.4. The van der Waals surface area contributed by atoms with Crippen molar-refractivity contribution in [3.63, 3.8) is 0 Å². The summed E-state index contributed by atoms with van der Waals surface area (Å²) < 4.78 is 13.4. The number of aryl methyl sites for hydroxylation is 1. The molecular weight excluding hydrogens is 257 g/mol. The first-order chi connectivity index (χ1) is 9.08. The lowest BCUT2D eigenvalue weighted by atomic mass is 10.1. The summed E-state index contributed by atoms with van der Waals surface area (Å²) in [6, 6.07) is 14.8. The van der Waals surface area contributed by atoms with Gasteiger partial charge in [-0.15, -0.1) is 11.8 Å². The predicted molar refractivity (Wildman–Crippen MR) is 79.8 cm³/mol. The summed E-state index contributed by atoms with van der Waals surface area (Å²) in [4.78, 5) is 1.19. The number of nitrogens with two attached hydrogens (primary N) is 1. The molecule has 2 rings (SSSR count). The van der Waals surface area contributed by atoms with E-state index in [1.807, 2.05) is 25.1 Å². The van der Waals surface area contributed by atoms with E-state index in [-0.39, 0.29) is 17.1 Å². The molecule has 0 amide bonds. The van der Waals surface area contributed by atoms with Gasteiger partial charge in [0.15, 0.2) is 0 Å². The average Bonchev–Trinajstić information content (AvgIpc) is 2.37. The summed E-state index contributed by atoms with van der Waals surface area (Å²) in [5.41, 5.74) is 8.22. The van der Waals surface area contributed by atoms with E-state index >= 15 is 0 Å². The van der Waals surface area contributed by atoms with Crippen LogP contribution in [0.25, 0.3) is 0 Å². The Morgan fingerprint density at radius 1 is 1.11 bits per heavy atom. The lowest BCUT2D eigenvalue weighted by Gasteiger charge is -2.21. The summed E-state index contributed by atoms with van der Waals surface area (Å²) in [5, 5.41) is 0.0526. The largest absolute Gasteiger partial charge is 0.327 e. The molecule has 100 valence electrons. The highest BCUT2D eigenvalue weighted by Gasteiger charge is 2.18. The van der Waals surface area contributed by atoms with Crippen LogP contribution in [0.5, 0.6) is 0 Å². The fourth-order valence-corrected chi connectivity index (χ4v) is 3.17. The summed E-state index contributed by atoms with van der Waals surface area (Å²) in [5.74, 6) is -0.214. The van der Waals surface area contributed by atoms with E-state index in [0.717, 1.165) is 5.56 Å². The van der Waals surface area contributed by atoms with E-state index in [9.17, 15) is 4.39 Å². The number of thioether (sulfide) groups is 1. The Balaban J connectivity index is 2.29. The molecule has 0 heterocycles. The SMILES string of the molecule is Cc1ccccc1SC(c1cccc(F)c1)C(C)N. The molecule has 0 aliphatic carbocycles. The molecule has 0 saturated carbocycles. The second kappa shape index (κ2) is 6.22. The monoisotopic (exact) mass is 275 g/mol. The van der Waals surface area contributed by atoms with E-state index < -0.39 is 0 Å². The number of hydrogen-bond acceptors (Lipinski definition) is 2. The molecule has 2 N–H and O–H groups in total. The van der Waals surface area contributed by atoms with Crippen molar-refractivity contribution in [2.45, 2.75) is 30.0 Å². The number of halogens is 1. The van der Waals surface area contributed by atoms with Gasteiger partial charge in [0.2, 0.25) is 0 Å². The zero-order chi connectivity index (χ0) is 13.8. The number of benzene rings is 2. The Labute approximate surface area is 118 Å². The van der Waals surface area contributed by atoms with Gasteiger partial charge in [-0.1, -0.05) is 30.3 Å². The molecule has 19 heavy (non-hydrogen) atoms. The molecule has 0 aliphatic rings. The highest BCUT2D eigenvalue weighted by atomic mass is 32.2. The smallest absolute Gasteiger partial charge is 0.123 e. The highest BCUT2D eigenvalue weighted by molar-refractivity contribution is 7.99. The molecular formula is C16H18FNS. The second-order valence-corrected chi connectivity index (χ2v) is 5.90. The first-order valence-electron chi connectivity index (χ1n) is 6.31. The number of rotatable bonds is 4. The molecule has 2 atom stereocenters. The van der Waals surface area contributed by atoms with E-state index in [4.69, 9.17) is 5.73 Å². The van der Waals surface area contributed by atoms with Crippen molar-refractivity contribution in [3.05, 3.63) is 65.5 Å². The van der Waals surface area contributed by atoms with Gasteiger partial charge >= 0.3 is 0 Å². The standard InChI is InChI=1S/C16H18FNS/c1-11-6-3-4-9-15(11)19-16(12(2)18)13-7-5-8-14(17)10-13/h3-10,12,16H,18H2,1-2H3. The molecule has 0 aromatic heterocycles. The molecule has 2 aromatic carbocycles. The Hall–Kier alpha value is -1.32. The minimum absolute atomic E-state index is 0.0496. The van der Waals surface area contributed by atoms with Gasteiger partial charge in [-0.3, -0.25) is 0 Å². The number of hydrogen-bond donors (Lipinski definition) is 1. The molecule has 0 radical (unpaired) electrons. The fraction of sp³-hybridized carbons (Fsp3) is 0.250. The van der Waals surface area contributed by atoms with E-state index in [1.165, 1.54) is 16.5 Å². The molecule has 0 fully saturated rings. The average molecular weight is 275 g/mol. The molecule has 0 saturated heterocycles. The molecule has 1 nitrogen and oxygen atoms in total. The summed E-state index contributed by atoms with van der Waals surface area (Å²) in [7, 11) is 0. The van der Waals surface area contributed by atoms with Crippen LogP contribution in [0, 0.1) is 12.7 Å². The van der Waals surface area contributed by atoms with Crippen molar-refractivity contribution >= 4 is 11.8 Å². The zero-order valence-corrected chi connectivity index (χ0v) is 12.0. The van der Waals surface area contributed by atoms with E-state index in [0.29, 0.717) is 0 Å². The molecule has 0 bridgehead atoms. The minimum Gasteiger partial charge on any atom is -0.327 e. The Morgan fingerprint density at radius 2 is 1.84 bits per heavy atom. The van der Waals surface area contributed by atoms with Crippen LogP contribution in [0.1, 0.15) is 23.3 Å². The van der Waals surface area contributed by atoms with Gasteiger partial charge in [0.05, 0.1) is 0 Å². The molecule has 0 spiro atoms. The normalized spacial score (nSPS) is 14.1. The lowest BCUT2D eigenvalue weighted by molar-refractivity contribution is 0.622. The summed E-state index contributed by atoms with van der Waals surface area (Å²) in [6.45, 7) is 4.03. The Bertz CT molecular complexity index is 554. The van der Waals surface area contributed by atoms with E-state index in [2.05, 4.69) is 19.1 Å². The first-order valence-corrected chi connectivity index (χ1v) is 7.19. The van der Waals surface area contributed by atoms with Gasteiger partial charge in [-0.05, 0) is 43.2 Å². The van der Waals surface area contributed by atoms with Crippen LogP contribution in [0.2, 0.25) is 0 Å². The van der Waals surface area contributed by atoms with Crippen molar-refractivity contribution < 1.29 is 4.39 Å². The van der Waals surface area contributed by atoms with Crippen LogP contribution in [0.4, 0.5) is 4.39 Å². The predicted octanol–water partition coefficient (Wildman–Crippen LogP) is 4.31. The van der Waals surface area contributed by atoms with Crippen molar-refractivity contribution in [3.8, 4) is 0 Å². The van der Waals surface area contributed by atoms with Gasteiger partial charge in [-0.2, -0.15) is 0 Å². The summed E-state index contributed by atoms with van der Waals surface area (Å²) >= 11 is 1.69. The van der Waals surface area contributed by atoms with Gasteiger partial charge in [0, 0.05) is 16.2 Å². The van der Waals surface area contributed by atoms with Gasteiger partial charge < -0.3 is 5.73 Å². The van der Waals surface area contributed by atoms with Crippen molar-refractivity contribution in [1.29, 1.82) is 0 Å². The second-order valence-electron chi connectivity index (χ2n) is 4.72. The van der Waals surface area contributed by atoms with E-state index in [1.54, 1.807) is 23.9 Å². The third-order valence-corrected chi connectivity index (χ3v) is 4.67. The Kier molecular flexibility index (Phi) is 4.61. The fourth-order valence-electron chi connectivity index (χ4n) is 1.99. The highest BCUT2D eigenvalue weighted by Crippen LogP contribution is 2.38. The van der Waals surface area contributed by atoms with Crippen LogP contribution in [0.15, 0.2) is 53.4 Å². The molecule has 0 aliphatic heterocycles.